The van der Waals surface area contributed by atoms with Gasteiger partial charge in [-0.15, -0.1) is 0 Å². The SMILES string of the molecule is CCOc1ccc(C2NNC3c4cc5c(cc4N(Cc4ccccc4F)CC23)OCO5)cc1. The first kappa shape index (κ1) is 20.3. The Morgan fingerprint density at radius 2 is 1.76 bits per heavy atom. The summed E-state index contributed by atoms with van der Waals surface area (Å²) >= 11 is 0. The number of ether oxygens (including phenoxy) is 3. The summed E-state index contributed by atoms with van der Waals surface area (Å²) in [7, 11) is 0. The number of anilines is 1. The van der Waals surface area contributed by atoms with E-state index in [4.69, 9.17) is 14.2 Å². The van der Waals surface area contributed by atoms with Crippen molar-refractivity contribution < 1.29 is 18.6 Å². The Morgan fingerprint density at radius 3 is 2.55 bits per heavy atom. The Kier molecular flexibility index (Phi) is 5.08. The van der Waals surface area contributed by atoms with E-state index in [9.17, 15) is 4.39 Å². The molecule has 1 saturated heterocycles. The Hall–Kier alpha value is -3.29. The van der Waals surface area contributed by atoms with Crippen LogP contribution in [0.4, 0.5) is 10.1 Å². The summed E-state index contributed by atoms with van der Waals surface area (Å²) < 4.78 is 31.5. The van der Waals surface area contributed by atoms with E-state index >= 15 is 0 Å². The number of hydrazine groups is 1. The van der Waals surface area contributed by atoms with Gasteiger partial charge in [0.1, 0.15) is 11.6 Å². The zero-order chi connectivity index (χ0) is 22.4. The lowest BCUT2D eigenvalue weighted by Gasteiger charge is -2.39. The van der Waals surface area contributed by atoms with Gasteiger partial charge in [-0.2, -0.15) is 0 Å². The predicted octanol–water partition coefficient (Wildman–Crippen LogP) is 4.48. The van der Waals surface area contributed by atoms with Gasteiger partial charge in [0.25, 0.3) is 0 Å². The molecule has 3 aliphatic rings. The van der Waals surface area contributed by atoms with E-state index in [1.54, 1.807) is 6.07 Å². The Balaban J connectivity index is 1.37. The van der Waals surface area contributed by atoms with Gasteiger partial charge in [0.15, 0.2) is 11.5 Å². The molecule has 0 spiro atoms. The van der Waals surface area contributed by atoms with Gasteiger partial charge in [-0.3, -0.25) is 0 Å². The molecule has 0 aromatic heterocycles. The minimum atomic E-state index is -0.187. The summed E-state index contributed by atoms with van der Waals surface area (Å²) in [4.78, 5) is 2.26. The van der Waals surface area contributed by atoms with Gasteiger partial charge in [-0.25, -0.2) is 15.2 Å². The smallest absolute Gasteiger partial charge is 0.231 e. The normalized spacial score (nSPS) is 22.7. The zero-order valence-corrected chi connectivity index (χ0v) is 18.4. The van der Waals surface area contributed by atoms with Gasteiger partial charge in [0, 0.05) is 36.3 Å². The molecule has 6 rings (SSSR count). The fourth-order valence-corrected chi connectivity index (χ4v) is 5.18. The number of rotatable bonds is 5. The average Bonchev–Trinajstić information content (AvgIpc) is 3.47. The largest absolute Gasteiger partial charge is 0.494 e. The van der Waals surface area contributed by atoms with Crippen molar-refractivity contribution >= 4 is 5.69 Å². The fourth-order valence-electron chi connectivity index (χ4n) is 5.18. The molecule has 0 amide bonds. The zero-order valence-electron chi connectivity index (χ0n) is 18.4. The van der Waals surface area contributed by atoms with Crippen molar-refractivity contribution in [1.82, 2.24) is 10.9 Å². The second-order valence-electron chi connectivity index (χ2n) is 8.65. The number of hydrogen-bond acceptors (Lipinski definition) is 6. The van der Waals surface area contributed by atoms with E-state index in [2.05, 4.69) is 34.0 Å². The highest BCUT2D eigenvalue weighted by Crippen LogP contribution is 2.49. The first-order chi connectivity index (χ1) is 16.2. The Bertz CT molecular complexity index is 1170. The maximum absolute atomic E-state index is 14.5. The molecule has 3 aromatic rings. The van der Waals surface area contributed by atoms with Gasteiger partial charge in [-0.05, 0) is 42.3 Å². The molecule has 1 fully saturated rings. The van der Waals surface area contributed by atoms with Gasteiger partial charge in [0.05, 0.1) is 18.7 Å². The van der Waals surface area contributed by atoms with Crippen LogP contribution in [0.25, 0.3) is 0 Å². The third-order valence-electron chi connectivity index (χ3n) is 6.75. The van der Waals surface area contributed by atoms with Crippen LogP contribution in [0.3, 0.4) is 0 Å². The molecule has 3 aliphatic heterocycles. The molecule has 3 heterocycles. The molecule has 0 aliphatic carbocycles. The quantitative estimate of drug-likeness (QED) is 0.602. The maximum Gasteiger partial charge on any atom is 0.231 e. The third kappa shape index (κ3) is 3.57. The summed E-state index contributed by atoms with van der Waals surface area (Å²) in [5.41, 5.74) is 11.1. The van der Waals surface area contributed by atoms with E-state index < -0.39 is 0 Å². The molecule has 170 valence electrons. The highest BCUT2D eigenvalue weighted by molar-refractivity contribution is 5.66. The molecular formula is C26H26FN3O3. The fraction of sp³-hybridized carbons (Fsp3) is 0.308. The van der Waals surface area contributed by atoms with E-state index in [1.165, 1.54) is 11.6 Å². The molecule has 3 aromatic carbocycles. The van der Waals surface area contributed by atoms with Crippen molar-refractivity contribution in [2.75, 3.05) is 24.8 Å². The number of halogens is 1. The van der Waals surface area contributed by atoms with E-state index in [-0.39, 0.29) is 30.6 Å². The van der Waals surface area contributed by atoms with Crippen LogP contribution < -0.4 is 30.0 Å². The lowest BCUT2D eigenvalue weighted by molar-refractivity contribution is 0.174. The van der Waals surface area contributed by atoms with Gasteiger partial charge >= 0.3 is 0 Å². The lowest BCUT2D eigenvalue weighted by Crippen LogP contribution is -2.39. The standard InChI is InChI=1S/C26H26FN3O3/c1-2-31-18-9-7-16(8-10-18)25-20-14-30(13-17-5-3-4-6-21(17)27)22-12-24-23(32-15-33-24)11-19(22)26(20)29-28-25/h3-12,20,25-26,28-29H,2,13-15H2,1H3. The van der Waals surface area contributed by atoms with Crippen molar-refractivity contribution in [1.29, 1.82) is 0 Å². The number of nitrogens with zero attached hydrogens (tertiary/aromatic N) is 1. The summed E-state index contributed by atoms with van der Waals surface area (Å²) in [6, 6.07) is 19.5. The number of benzene rings is 3. The monoisotopic (exact) mass is 447 g/mol. The summed E-state index contributed by atoms with van der Waals surface area (Å²) in [6.07, 6.45) is 0. The van der Waals surface area contributed by atoms with Crippen LogP contribution in [0.2, 0.25) is 0 Å². The number of fused-ring (bicyclic) bond motifs is 4. The minimum absolute atomic E-state index is 0.0999. The molecule has 33 heavy (non-hydrogen) atoms. The second-order valence-corrected chi connectivity index (χ2v) is 8.65. The van der Waals surface area contributed by atoms with Crippen LogP contribution in [-0.4, -0.2) is 19.9 Å². The maximum atomic E-state index is 14.5. The minimum Gasteiger partial charge on any atom is -0.494 e. The molecule has 6 nitrogen and oxygen atoms in total. The summed E-state index contributed by atoms with van der Waals surface area (Å²) in [5.74, 6) is 2.41. The van der Waals surface area contributed by atoms with Crippen molar-refractivity contribution in [2.45, 2.75) is 25.6 Å². The highest BCUT2D eigenvalue weighted by atomic mass is 19.1. The van der Waals surface area contributed by atoms with Crippen LogP contribution in [0.15, 0.2) is 60.7 Å². The average molecular weight is 448 g/mol. The van der Waals surface area contributed by atoms with Crippen LogP contribution in [0.5, 0.6) is 17.2 Å². The molecule has 0 saturated carbocycles. The van der Waals surface area contributed by atoms with Crippen molar-refractivity contribution in [3.8, 4) is 17.2 Å². The first-order valence-electron chi connectivity index (χ1n) is 11.4. The number of nitrogens with one attached hydrogen (secondary N) is 2. The van der Waals surface area contributed by atoms with Gasteiger partial charge < -0.3 is 19.1 Å². The van der Waals surface area contributed by atoms with E-state index in [0.717, 1.165) is 35.0 Å². The van der Waals surface area contributed by atoms with Crippen molar-refractivity contribution in [2.24, 2.45) is 5.92 Å². The Labute approximate surface area is 192 Å². The molecule has 0 bridgehead atoms. The van der Waals surface area contributed by atoms with E-state index in [1.807, 2.05) is 37.3 Å². The molecule has 3 atom stereocenters. The van der Waals surface area contributed by atoms with Crippen LogP contribution >= 0.6 is 0 Å². The van der Waals surface area contributed by atoms with Crippen LogP contribution in [-0.2, 0) is 6.54 Å². The summed E-state index contributed by atoms with van der Waals surface area (Å²) in [5, 5.41) is 0. The molecule has 3 unspecified atom stereocenters. The van der Waals surface area contributed by atoms with E-state index in [0.29, 0.717) is 18.7 Å². The molecule has 2 N–H and O–H groups in total. The van der Waals surface area contributed by atoms with Crippen molar-refractivity contribution in [3.63, 3.8) is 0 Å². The molecule has 7 heteroatoms. The van der Waals surface area contributed by atoms with Gasteiger partial charge in [-0.1, -0.05) is 30.3 Å². The van der Waals surface area contributed by atoms with Crippen molar-refractivity contribution in [3.05, 3.63) is 83.2 Å². The van der Waals surface area contributed by atoms with Gasteiger partial charge in [0.2, 0.25) is 6.79 Å². The lowest BCUT2D eigenvalue weighted by atomic mass is 9.81. The summed E-state index contributed by atoms with van der Waals surface area (Å²) in [6.45, 7) is 4.10. The third-order valence-corrected chi connectivity index (χ3v) is 6.75. The first-order valence-corrected chi connectivity index (χ1v) is 11.4. The van der Waals surface area contributed by atoms with Crippen LogP contribution in [0, 0.1) is 11.7 Å². The predicted molar refractivity (Wildman–Crippen MR) is 123 cm³/mol. The number of hydrogen-bond donors (Lipinski definition) is 2. The molecule has 0 radical (unpaired) electrons. The Morgan fingerprint density at radius 1 is 1.00 bits per heavy atom. The topological polar surface area (TPSA) is 55.0 Å². The molecular weight excluding hydrogens is 421 g/mol. The van der Waals surface area contributed by atoms with Crippen LogP contribution in [0.1, 0.15) is 35.7 Å². The second kappa shape index (κ2) is 8.24. The highest BCUT2D eigenvalue weighted by Gasteiger charge is 2.44.